The van der Waals surface area contributed by atoms with Gasteiger partial charge >= 0.3 is 0 Å². The average molecular weight is 407 g/mol. The molecular formula is C19H26N4O4S. The standard InChI is InChI=1S/C19H26N4O4S/c1-24-15-8-12(9-16(25-2)18(15)26-3)14-10-17(23-22-14)21-19(28-4)20-11-13-6-5-7-27-13/h5-9,14,17,22-23H,10-11H2,1-4H3,(H,20,21). The maximum absolute atomic E-state index is 5.45. The van der Waals surface area contributed by atoms with Crippen LogP contribution in [0, 0.1) is 0 Å². The number of hydrogen-bond donors (Lipinski definition) is 3. The van der Waals surface area contributed by atoms with Gasteiger partial charge in [-0.1, -0.05) is 11.8 Å². The number of ether oxygens (including phenoxy) is 3. The van der Waals surface area contributed by atoms with Gasteiger partial charge in [-0.15, -0.1) is 0 Å². The molecule has 1 aromatic carbocycles. The van der Waals surface area contributed by atoms with Crippen molar-refractivity contribution in [3.8, 4) is 17.2 Å². The zero-order valence-electron chi connectivity index (χ0n) is 16.4. The van der Waals surface area contributed by atoms with Crippen molar-refractivity contribution in [1.82, 2.24) is 16.2 Å². The number of aliphatic imine (C=N–C) groups is 1. The van der Waals surface area contributed by atoms with E-state index in [4.69, 9.17) is 18.6 Å². The number of thioether (sulfide) groups is 1. The number of hydrogen-bond acceptors (Lipinski definition) is 8. The van der Waals surface area contributed by atoms with Crippen molar-refractivity contribution in [2.45, 2.75) is 25.2 Å². The molecule has 2 unspecified atom stereocenters. The summed E-state index contributed by atoms with van der Waals surface area (Å²) in [6.07, 6.45) is 4.50. The maximum atomic E-state index is 5.45. The van der Waals surface area contributed by atoms with Gasteiger partial charge in [0.2, 0.25) is 5.75 Å². The molecule has 1 saturated heterocycles. The van der Waals surface area contributed by atoms with Crippen LogP contribution in [0.25, 0.3) is 0 Å². The highest BCUT2D eigenvalue weighted by Crippen LogP contribution is 2.40. The predicted octanol–water partition coefficient (Wildman–Crippen LogP) is 2.68. The summed E-state index contributed by atoms with van der Waals surface area (Å²) >= 11 is 1.57. The van der Waals surface area contributed by atoms with Gasteiger partial charge in [-0.25, -0.2) is 10.9 Å². The first-order valence-electron chi connectivity index (χ1n) is 8.86. The molecule has 1 fully saturated rings. The van der Waals surface area contributed by atoms with Crippen molar-refractivity contribution in [2.24, 2.45) is 4.99 Å². The molecule has 2 atom stereocenters. The Morgan fingerprint density at radius 1 is 1.21 bits per heavy atom. The molecule has 0 radical (unpaired) electrons. The lowest BCUT2D eigenvalue weighted by molar-refractivity contribution is 0.323. The van der Waals surface area contributed by atoms with Crippen LogP contribution in [0.5, 0.6) is 17.2 Å². The van der Waals surface area contributed by atoms with Gasteiger partial charge in [0.15, 0.2) is 16.7 Å². The Morgan fingerprint density at radius 3 is 2.54 bits per heavy atom. The molecule has 3 rings (SSSR count). The van der Waals surface area contributed by atoms with Gasteiger partial charge in [0.05, 0.1) is 40.3 Å². The van der Waals surface area contributed by atoms with E-state index in [1.54, 1.807) is 39.4 Å². The van der Waals surface area contributed by atoms with E-state index in [-0.39, 0.29) is 12.2 Å². The molecule has 1 aromatic heterocycles. The Labute approximate surface area is 169 Å². The molecule has 2 heterocycles. The minimum atomic E-state index is 0.0342. The lowest BCUT2D eigenvalue weighted by Crippen LogP contribution is -2.43. The molecule has 1 aliphatic rings. The van der Waals surface area contributed by atoms with E-state index in [0.717, 1.165) is 22.9 Å². The molecule has 0 bridgehead atoms. The van der Waals surface area contributed by atoms with Crippen LogP contribution in [-0.4, -0.2) is 38.9 Å². The van der Waals surface area contributed by atoms with Gasteiger partial charge in [0, 0.05) is 12.5 Å². The van der Waals surface area contributed by atoms with Crippen LogP contribution in [0.2, 0.25) is 0 Å². The fourth-order valence-electron chi connectivity index (χ4n) is 3.04. The van der Waals surface area contributed by atoms with Gasteiger partial charge in [-0.05, 0) is 36.1 Å². The van der Waals surface area contributed by atoms with E-state index in [0.29, 0.717) is 23.8 Å². The second-order valence-corrected chi connectivity index (χ2v) is 6.93. The molecular weight excluding hydrogens is 380 g/mol. The first-order valence-corrected chi connectivity index (χ1v) is 10.1. The molecule has 9 heteroatoms. The van der Waals surface area contributed by atoms with Crippen LogP contribution in [0.3, 0.4) is 0 Å². The van der Waals surface area contributed by atoms with Gasteiger partial charge < -0.3 is 23.9 Å². The lowest BCUT2D eigenvalue weighted by atomic mass is 10.0. The largest absolute Gasteiger partial charge is 0.493 e. The molecule has 0 amide bonds. The smallest absolute Gasteiger partial charge is 0.203 e. The van der Waals surface area contributed by atoms with E-state index < -0.39 is 0 Å². The first kappa shape index (κ1) is 20.4. The predicted molar refractivity (Wildman–Crippen MR) is 110 cm³/mol. The summed E-state index contributed by atoms with van der Waals surface area (Å²) < 4.78 is 21.6. The van der Waals surface area contributed by atoms with E-state index in [9.17, 15) is 0 Å². The van der Waals surface area contributed by atoms with E-state index in [1.165, 1.54) is 0 Å². The number of amidine groups is 1. The summed E-state index contributed by atoms with van der Waals surface area (Å²) in [7, 11) is 4.83. The van der Waals surface area contributed by atoms with Gasteiger partial charge in [-0.2, -0.15) is 0 Å². The van der Waals surface area contributed by atoms with Crippen LogP contribution in [-0.2, 0) is 6.54 Å². The number of methoxy groups -OCH3 is 3. The second kappa shape index (κ2) is 9.72. The SMILES string of the molecule is COc1cc(C2CC(NC(=NCc3ccco3)SC)NN2)cc(OC)c1OC. The van der Waals surface area contributed by atoms with E-state index in [2.05, 4.69) is 21.2 Å². The maximum Gasteiger partial charge on any atom is 0.203 e. The lowest BCUT2D eigenvalue weighted by Gasteiger charge is -2.17. The van der Waals surface area contributed by atoms with Gasteiger partial charge in [-0.3, -0.25) is 4.99 Å². The van der Waals surface area contributed by atoms with Crippen LogP contribution in [0.1, 0.15) is 23.8 Å². The Hall–Kier alpha value is -2.36. The molecule has 3 N–H and O–H groups in total. The quantitative estimate of drug-likeness (QED) is 0.478. The van der Waals surface area contributed by atoms with Crippen molar-refractivity contribution in [3.05, 3.63) is 41.9 Å². The third-order valence-electron chi connectivity index (χ3n) is 4.44. The summed E-state index contributed by atoms with van der Waals surface area (Å²) in [5.74, 6) is 2.70. The highest BCUT2D eigenvalue weighted by atomic mass is 32.2. The Balaban J connectivity index is 1.67. The molecule has 0 aliphatic carbocycles. The highest BCUT2D eigenvalue weighted by Gasteiger charge is 2.27. The van der Waals surface area contributed by atoms with Crippen LogP contribution >= 0.6 is 11.8 Å². The van der Waals surface area contributed by atoms with Crippen molar-refractivity contribution in [2.75, 3.05) is 27.6 Å². The zero-order valence-corrected chi connectivity index (χ0v) is 17.3. The molecule has 152 valence electrons. The number of furan rings is 1. The minimum Gasteiger partial charge on any atom is -0.493 e. The highest BCUT2D eigenvalue weighted by molar-refractivity contribution is 8.13. The average Bonchev–Trinajstić information content (AvgIpc) is 3.41. The second-order valence-electron chi connectivity index (χ2n) is 6.14. The Morgan fingerprint density at radius 2 is 1.96 bits per heavy atom. The number of nitrogens with zero attached hydrogens (tertiary/aromatic N) is 1. The summed E-state index contributed by atoms with van der Waals surface area (Å²) in [6, 6.07) is 7.78. The number of nitrogens with one attached hydrogen (secondary N) is 3. The number of benzene rings is 1. The first-order chi connectivity index (χ1) is 13.7. The molecule has 0 spiro atoms. The minimum absolute atomic E-state index is 0.0342. The summed E-state index contributed by atoms with van der Waals surface area (Å²) in [5.41, 5.74) is 7.64. The third-order valence-corrected chi connectivity index (χ3v) is 5.08. The van der Waals surface area contributed by atoms with Crippen LogP contribution < -0.4 is 30.4 Å². The van der Waals surface area contributed by atoms with Crippen molar-refractivity contribution in [1.29, 1.82) is 0 Å². The molecule has 0 saturated carbocycles. The third kappa shape index (κ3) is 4.73. The van der Waals surface area contributed by atoms with E-state index in [1.807, 2.05) is 30.5 Å². The Kier molecular flexibility index (Phi) is 7.07. The van der Waals surface area contributed by atoms with Gasteiger partial charge in [0.25, 0.3) is 0 Å². The monoisotopic (exact) mass is 406 g/mol. The number of hydrazine groups is 1. The van der Waals surface area contributed by atoms with E-state index >= 15 is 0 Å². The topological polar surface area (TPSA) is 89.3 Å². The zero-order chi connectivity index (χ0) is 19.9. The van der Waals surface area contributed by atoms with Gasteiger partial charge in [0.1, 0.15) is 5.76 Å². The summed E-state index contributed by atoms with van der Waals surface area (Å²) in [5, 5.41) is 4.27. The van der Waals surface area contributed by atoms with Crippen molar-refractivity contribution in [3.63, 3.8) is 0 Å². The summed E-state index contributed by atoms with van der Waals surface area (Å²) in [6.45, 7) is 0.507. The summed E-state index contributed by atoms with van der Waals surface area (Å²) in [4.78, 5) is 4.57. The van der Waals surface area contributed by atoms with Crippen molar-refractivity contribution >= 4 is 16.9 Å². The van der Waals surface area contributed by atoms with Crippen LogP contribution in [0.15, 0.2) is 39.9 Å². The normalized spacial score (nSPS) is 19.5. The molecule has 8 nitrogen and oxygen atoms in total. The fourth-order valence-corrected chi connectivity index (χ4v) is 3.50. The van der Waals surface area contributed by atoms with Crippen molar-refractivity contribution < 1.29 is 18.6 Å². The Bertz CT molecular complexity index is 772. The molecule has 1 aliphatic heterocycles. The molecule has 2 aromatic rings. The number of rotatable bonds is 7. The fraction of sp³-hybridized carbons (Fsp3) is 0.421. The van der Waals surface area contributed by atoms with Crippen LogP contribution in [0.4, 0.5) is 0 Å². The molecule has 28 heavy (non-hydrogen) atoms.